The number of rotatable bonds is 6. The van der Waals surface area contributed by atoms with Gasteiger partial charge in [0.2, 0.25) is 5.91 Å². The summed E-state index contributed by atoms with van der Waals surface area (Å²) < 4.78 is 0. The molecule has 7 nitrogen and oxygen atoms in total. The molecule has 1 saturated heterocycles. The van der Waals surface area contributed by atoms with E-state index in [4.69, 9.17) is 0 Å². The van der Waals surface area contributed by atoms with Crippen molar-refractivity contribution in [2.75, 3.05) is 53.4 Å². The molecule has 0 aromatic heterocycles. The van der Waals surface area contributed by atoms with Crippen molar-refractivity contribution in [3.63, 3.8) is 0 Å². The van der Waals surface area contributed by atoms with Crippen molar-refractivity contribution in [3.8, 4) is 0 Å². The topological polar surface area (TPSA) is 69.9 Å². The number of amides is 1. The van der Waals surface area contributed by atoms with Crippen LogP contribution in [-0.4, -0.2) is 78.9 Å². The van der Waals surface area contributed by atoms with Crippen LogP contribution in [0, 0.1) is 10.1 Å². The molecule has 0 spiro atoms. The summed E-state index contributed by atoms with van der Waals surface area (Å²) >= 11 is 0. The standard InChI is InChI=1S/C18H26N4O3/c1-19(2)12-13-20-10-5-11-21(15-14-20)18(23)9-8-16-6-3-4-7-17(16)22(24)25/h3-4,6-9H,5,10-15H2,1-2H3. The van der Waals surface area contributed by atoms with Crippen LogP contribution in [0.1, 0.15) is 12.0 Å². The fourth-order valence-electron chi connectivity index (χ4n) is 2.82. The zero-order valence-electron chi connectivity index (χ0n) is 14.9. The first-order chi connectivity index (χ1) is 12.0. The predicted molar refractivity (Wildman–Crippen MR) is 98.3 cm³/mol. The van der Waals surface area contributed by atoms with Crippen LogP contribution in [0.4, 0.5) is 5.69 Å². The summed E-state index contributed by atoms with van der Waals surface area (Å²) in [5, 5.41) is 11.0. The lowest BCUT2D eigenvalue weighted by Crippen LogP contribution is -2.36. The minimum absolute atomic E-state index is 0.0114. The lowest BCUT2D eigenvalue weighted by Gasteiger charge is -2.22. The van der Waals surface area contributed by atoms with Gasteiger partial charge in [0, 0.05) is 44.9 Å². The molecule has 1 aromatic rings. The summed E-state index contributed by atoms with van der Waals surface area (Å²) in [7, 11) is 4.11. The highest BCUT2D eigenvalue weighted by molar-refractivity contribution is 5.92. The van der Waals surface area contributed by atoms with Crippen molar-refractivity contribution in [1.29, 1.82) is 0 Å². The van der Waals surface area contributed by atoms with E-state index in [1.54, 1.807) is 18.2 Å². The van der Waals surface area contributed by atoms with Crippen molar-refractivity contribution in [3.05, 3.63) is 46.0 Å². The van der Waals surface area contributed by atoms with Gasteiger partial charge in [0.15, 0.2) is 0 Å². The highest BCUT2D eigenvalue weighted by Crippen LogP contribution is 2.19. The van der Waals surface area contributed by atoms with Gasteiger partial charge >= 0.3 is 0 Å². The molecule has 1 aliphatic heterocycles. The van der Waals surface area contributed by atoms with Gasteiger partial charge in [-0.25, -0.2) is 0 Å². The normalized spacial score (nSPS) is 16.4. The molecule has 0 aliphatic carbocycles. The third-order valence-electron chi connectivity index (χ3n) is 4.30. The number of hydrogen-bond acceptors (Lipinski definition) is 5. The minimum atomic E-state index is -0.432. The van der Waals surface area contributed by atoms with Crippen molar-refractivity contribution in [2.45, 2.75) is 6.42 Å². The fourth-order valence-corrected chi connectivity index (χ4v) is 2.82. The number of nitrogens with zero attached hydrogens (tertiary/aromatic N) is 4. The summed E-state index contributed by atoms with van der Waals surface area (Å²) in [6.45, 7) is 5.27. The molecule has 0 atom stereocenters. The van der Waals surface area contributed by atoms with Gasteiger partial charge in [-0.15, -0.1) is 0 Å². The predicted octanol–water partition coefficient (Wildman–Crippen LogP) is 1.70. The molecule has 1 aromatic carbocycles. The van der Waals surface area contributed by atoms with E-state index >= 15 is 0 Å². The third kappa shape index (κ3) is 5.95. The maximum Gasteiger partial charge on any atom is 0.276 e. The summed E-state index contributed by atoms with van der Waals surface area (Å²) in [5.74, 6) is -0.0902. The Morgan fingerprint density at radius 3 is 2.72 bits per heavy atom. The van der Waals surface area contributed by atoms with Crippen LogP contribution in [0.15, 0.2) is 30.3 Å². The second-order valence-corrected chi connectivity index (χ2v) is 6.47. The van der Waals surface area contributed by atoms with Crippen LogP contribution in [0.3, 0.4) is 0 Å². The number of nitro groups is 1. The first-order valence-electron chi connectivity index (χ1n) is 8.55. The summed E-state index contributed by atoms with van der Waals surface area (Å²) in [6, 6.07) is 6.44. The number of benzene rings is 1. The Balaban J connectivity index is 1.94. The largest absolute Gasteiger partial charge is 0.338 e. The Morgan fingerprint density at radius 2 is 2.00 bits per heavy atom. The van der Waals surface area contributed by atoms with E-state index < -0.39 is 4.92 Å². The van der Waals surface area contributed by atoms with Crippen molar-refractivity contribution >= 4 is 17.7 Å². The van der Waals surface area contributed by atoms with Gasteiger partial charge in [-0.3, -0.25) is 14.9 Å². The Morgan fingerprint density at radius 1 is 1.24 bits per heavy atom. The van der Waals surface area contributed by atoms with Crippen molar-refractivity contribution < 1.29 is 9.72 Å². The number of hydrogen-bond donors (Lipinski definition) is 0. The molecule has 0 radical (unpaired) electrons. The molecule has 1 aliphatic rings. The molecular formula is C18H26N4O3. The molecule has 1 fully saturated rings. The van der Waals surface area contributed by atoms with Crippen LogP contribution in [0.2, 0.25) is 0 Å². The molecule has 1 amide bonds. The van der Waals surface area contributed by atoms with Crippen LogP contribution in [-0.2, 0) is 4.79 Å². The van der Waals surface area contributed by atoms with Crippen LogP contribution >= 0.6 is 0 Å². The molecule has 0 saturated carbocycles. The lowest BCUT2D eigenvalue weighted by molar-refractivity contribution is -0.385. The van der Waals surface area contributed by atoms with Gasteiger partial charge < -0.3 is 14.7 Å². The number of carbonyl (C=O) groups excluding carboxylic acids is 1. The summed E-state index contributed by atoms with van der Waals surface area (Å²) in [5.41, 5.74) is 0.459. The molecule has 136 valence electrons. The molecule has 0 N–H and O–H groups in total. The average molecular weight is 346 g/mol. The third-order valence-corrected chi connectivity index (χ3v) is 4.30. The Bertz CT molecular complexity index is 631. The first-order valence-corrected chi connectivity index (χ1v) is 8.55. The smallest absolute Gasteiger partial charge is 0.276 e. The second-order valence-electron chi connectivity index (χ2n) is 6.47. The SMILES string of the molecule is CN(C)CCN1CCCN(C(=O)C=Cc2ccccc2[N+](=O)[O-])CC1. The Kier molecular flexibility index (Phi) is 7.09. The van der Waals surface area contributed by atoms with Crippen LogP contribution in [0.5, 0.6) is 0 Å². The van der Waals surface area contributed by atoms with E-state index in [0.29, 0.717) is 12.1 Å². The zero-order valence-corrected chi connectivity index (χ0v) is 14.9. The van der Waals surface area contributed by atoms with E-state index in [9.17, 15) is 14.9 Å². The monoisotopic (exact) mass is 346 g/mol. The van der Waals surface area contributed by atoms with E-state index in [-0.39, 0.29) is 11.6 Å². The molecule has 0 bridgehead atoms. The highest BCUT2D eigenvalue weighted by Gasteiger charge is 2.18. The minimum Gasteiger partial charge on any atom is -0.338 e. The maximum absolute atomic E-state index is 12.4. The van der Waals surface area contributed by atoms with Crippen molar-refractivity contribution in [2.24, 2.45) is 0 Å². The number of carbonyl (C=O) groups is 1. The Hall–Kier alpha value is -2.25. The van der Waals surface area contributed by atoms with Gasteiger partial charge in [0.05, 0.1) is 10.5 Å². The molecule has 2 rings (SSSR count). The number of para-hydroxylation sites is 1. The van der Waals surface area contributed by atoms with Crippen LogP contribution < -0.4 is 0 Å². The Labute approximate surface area is 148 Å². The summed E-state index contributed by atoms with van der Waals surface area (Å²) in [6.07, 6.45) is 3.92. The molecule has 0 unspecified atom stereocenters. The maximum atomic E-state index is 12.4. The van der Waals surface area contributed by atoms with Gasteiger partial charge in [-0.2, -0.15) is 0 Å². The molecule has 7 heteroatoms. The van der Waals surface area contributed by atoms with Gasteiger partial charge in [0.1, 0.15) is 0 Å². The van der Waals surface area contributed by atoms with E-state index in [2.05, 4.69) is 23.9 Å². The number of likely N-dealkylation sites (N-methyl/N-ethyl adjacent to an activating group) is 1. The van der Waals surface area contributed by atoms with Crippen LogP contribution in [0.25, 0.3) is 6.08 Å². The molecule has 1 heterocycles. The second kappa shape index (κ2) is 9.29. The zero-order chi connectivity index (χ0) is 18.2. The average Bonchev–Trinajstić information content (AvgIpc) is 2.83. The van der Waals surface area contributed by atoms with Gasteiger partial charge in [0.25, 0.3) is 5.69 Å². The highest BCUT2D eigenvalue weighted by atomic mass is 16.6. The summed E-state index contributed by atoms with van der Waals surface area (Å²) in [4.78, 5) is 29.4. The van der Waals surface area contributed by atoms with E-state index in [1.165, 1.54) is 18.2 Å². The quantitative estimate of drug-likeness (QED) is 0.445. The van der Waals surface area contributed by atoms with E-state index in [1.807, 2.05) is 4.90 Å². The lowest BCUT2D eigenvalue weighted by atomic mass is 10.1. The van der Waals surface area contributed by atoms with Gasteiger partial charge in [-0.1, -0.05) is 12.1 Å². The molecular weight excluding hydrogens is 320 g/mol. The fraction of sp³-hybridized carbons (Fsp3) is 0.500. The molecule has 25 heavy (non-hydrogen) atoms. The van der Waals surface area contributed by atoms with Crippen molar-refractivity contribution in [1.82, 2.24) is 14.7 Å². The van der Waals surface area contributed by atoms with Gasteiger partial charge in [-0.05, 0) is 39.2 Å². The number of nitro benzene ring substituents is 1. The van der Waals surface area contributed by atoms with E-state index in [0.717, 1.165) is 39.1 Å². The first kappa shape index (κ1) is 19.1.